The third-order valence-corrected chi connectivity index (χ3v) is 3.11. The third kappa shape index (κ3) is 1.95. The van der Waals surface area contributed by atoms with Gasteiger partial charge in [-0.3, -0.25) is 0 Å². The fourth-order valence-electron chi connectivity index (χ4n) is 2.03. The molecule has 0 spiro atoms. The zero-order chi connectivity index (χ0) is 10.1. The lowest BCUT2D eigenvalue weighted by Crippen LogP contribution is -2.43. The Labute approximate surface area is 89.7 Å². The van der Waals surface area contributed by atoms with Crippen molar-refractivity contribution in [2.24, 2.45) is 0 Å². The zero-order valence-corrected chi connectivity index (χ0v) is 8.82. The molecule has 0 unspecified atom stereocenters. The molecule has 0 radical (unpaired) electrons. The van der Waals surface area contributed by atoms with Crippen LogP contribution in [0.5, 0.6) is 0 Å². The van der Waals surface area contributed by atoms with Crippen molar-refractivity contribution >= 4 is 5.82 Å². The molecule has 0 aromatic carbocycles. The summed E-state index contributed by atoms with van der Waals surface area (Å²) in [6, 6.07) is 2.17. The van der Waals surface area contributed by atoms with Crippen LogP contribution in [0.15, 0.2) is 12.4 Å². The average molecular weight is 204 g/mol. The molecule has 1 aliphatic heterocycles. The van der Waals surface area contributed by atoms with E-state index >= 15 is 0 Å². The molecular formula is C11H16N4. The van der Waals surface area contributed by atoms with E-state index in [9.17, 15) is 0 Å². The summed E-state index contributed by atoms with van der Waals surface area (Å²) < 4.78 is 0. The predicted molar refractivity (Wildman–Crippen MR) is 59.1 cm³/mol. The summed E-state index contributed by atoms with van der Waals surface area (Å²) in [4.78, 5) is 11.0. The minimum atomic E-state index is 0.717. The van der Waals surface area contributed by atoms with Crippen molar-refractivity contribution in [3.05, 3.63) is 18.1 Å². The van der Waals surface area contributed by atoms with Gasteiger partial charge in [-0.15, -0.1) is 0 Å². The Morgan fingerprint density at radius 3 is 2.73 bits per heavy atom. The highest BCUT2D eigenvalue weighted by molar-refractivity contribution is 5.40. The van der Waals surface area contributed by atoms with E-state index < -0.39 is 0 Å². The molecule has 2 fully saturated rings. The molecule has 2 heterocycles. The Morgan fingerprint density at radius 2 is 2.00 bits per heavy atom. The molecule has 80 valence electrons. The van der Waals surface area contributed by atoms with Crippen molar-refractivity contribution in [3.63, 3.8) is 0 Å². The largest absolute Gasteiger partial charge is 0.354 e. The highest BCUT2D eigenvalue weighted by Gasteiger charge is 2.25. The number of hydrogen-bond donors (Lipinski definition) is 1. The Kier molecular flexibility index (Phi) is 2.29. The number of anilines is 1. The van der Waals surface area contributed by atoms with Gasteiger partial charge in [0.15, 0.2) is 0 Å². The van der Waals surface area contributed by atoms with Gasteiger partial charge in [0.25, 0.3) is 0 Å². The van der Waals surface area contributed by atoms with E-state index in [4.69, 9.17) is 0 Å². The molecule has 0 amide bonds. The summed E-state index contributed by atoms with van der Waals surface area (Å²) >= 11 is 0. The molecule has 4 nitrogen and oxygen atoms in total. The predicted octanol–water partition coefficient (Wildman–Crippen LogP) is 0.764. The molecule has 1 saturated carbocycles. The van der Waals surface area contributed by atoms with E-state index in [0.717, 1.165) is 37.9 Å². The van der Waals surface area contributed by atoms with Crippen LogP contribution in [0.2, 0.25) is 0 Å². The maximum atomic E-state index is 4.36. The van der Waals surface area contributed by atoms with Gasteiger partial charge in [-0.1, -0.05) is 0 Å². The van der Waals surface area contributed by atoms with E-state index in [-0.39, 0.29) is 0 Å². The van der Waals surface area contributed by atoms with Crippen molar-refractivity contribution < 1.29 is 0 Å². The molecule has 2 aliphatic rings. The lowest BCUT2D eigenvalue weighted by Gasteiger charge is -2.28. The molecule has 15 heavy (non-hydrogen) atoms. The highest BCUT2D eigenvalue weighted by Crippen LogP contribution is 2.39. The van der Waals surface area contributed by atoms with E-state index in [1.807, 2.05) is 0 Å². The standard InChI is InChI=1S/C11H16N4/c1-2-9(1)10-7-11(14-8-13-10)15-5-3-12-4-6-15/h7-9,12H,1-6H2. The molecule has 1 aromatic rings. The molecule has 1 aromatic heterocycles. The van der Waals surface area contributed by atoms with Gasteiger partial charge in [0.2, 0.25) is 0 Å². The average Bonchev–Trinajstić information content (AvgIpc) is 3.14. The van der Waals surface area contributed by atoms with Crippen LogP contribution in [0, 0.1) is 0 Å². The Morgan fingerprint density at radius 1 is 1.20 bits per heavy atom. The lowest BCUT2D eigenvalue weighted by atomic mass is 10.2. The molecular weight excluding hydrogens is 188 g/mol. The van der Waals surface area contributed by atoms with Crippen molar-refractivity contribution in [2.75, 3.05) is 31.1 Å². The van der Waals surface area contributed by atoms with Gasteiger partial charge in [-0.05, 0) is 12.8 Å². The van der Waals surface area contributed by atoms with E-state index in [0.29, 0.717) is 0 Å². The van der Waals surface area contributed by atoms with Crippen LogP contribution in [0.4, 0.5) is 5.82 Å². The topological polar surface area (TPSA) is 41.1 Å². The van der Waals surface area contributed by atoms with E-state index in [1.165, 1.54) is 18.5 Å². The first-order chi connectivity index (χ1) is 7.43. The quantitative estimate of drug-likeness (QED) is 0.772. The molecule has 1 aliphatic carbocycles. The van der Waals surface area contributed by atoms with Crippen LogP contribution in [0.25, 0.3) is 0 Å². The number of aromatic nitrogens is 2. The van der Waals surface area contributed by atoms with Gasteiger partial charge < -0.3 is 10.2 Å². The van der Waals surface area contributed by atoms with Gasteiger partial charge >= 0.3 is 0 Å². The van der Waals surface area contributed by atoms with E-state index in [2.05, 4.69) is 26.3 Å². The number of hydrogen-bond acceptors (Lipinski definition) is 4. The van der Waals surface area contributed by atoms with Crippen LogP contribution >= 0.6 is 0 Å². The van der Waals surface area contributed by atoms with Gasteiger partial charge in [0, 0.05) is 43.9 Å². The first kappa shape index (κ1) is 9.09. The van der Waals surface area contributed by atoms with Crippen molar-refractivity contribution in [2.45, 2.75) is 18.8 Å². The van der Waals surface area contributed by atoms with E-state index in [1.54, 1.807) is 6.33 Å². The second-order valence-corrected chi connectivity index (χ2v) is 4.31. The summed E-state index contributed by atoms with van der Waals surface area (Å²) in [5.74, 6) is 1.82. The first-order valence-corrected chi connectivity index (χ1v) is 5.71. The van der Waals surface area contributed by atoms with Crippen LogP contribution in [0.1, 0.15) is 24.5 Å². The van der Waals surface area contributed by atoms with Crippen LogP contribution in [-0.4, -0.2) is 36.1 Å². The normalized spacial score (nSPS) is 21.7. The van der Waals surface area contributed by atoms with Crippen molar-refractivity contribution in [1.29, 1.82) is 0 Å². The van der Waals surface area contributed by atoms with Gasteiger partial charge in [0.1, 0.15) is 12.1 Å². The van der Waals surface area contributed by atoms with Crippen LogP contribution in [-0.2, 0) is 0 Å². The Hall–Kier alpha value is -1.16. The maximum absolute atomic E-state index is 4.36. The minimum absolute atomic E-state index is 0.717. The third-order valence-electron chi connectivity index (χ3n) is 3.11. The Balaban J connectivity index is 1.80. The first-order valence-electron chi connectivity index (χ1n) is 5.71. The monoisotopic (exact) mass is 204 g/mol. The van der Waals surface area contributed by atoms with Gasteiger partial charge in [0.05, 0.1) is 0 Å². The summed E-state index contributed by atoms with van der Waals surface area (Å²) in [6.45, 7) is 4.23. The summed E-state index contributed by atoms with van der Waals surface area (Å²) in [5.41, 5.74) is 1.23. The SMILES string of the molecule is c1nc(C2CC2)cc(N2CCNCC2)n1. The highest BCUT2D eigenvalue weighted by atomic mass is 15.2. The number of nitrogens with one attached hydrogen (secondary N) is 1. The minimum Gasteiger partial charge on any atom is -0.354 e. The zero-order valence-electron chi connectivity index (χ0n) is 8.82. The fourth-order valence-corrected chi connectivity index (χ4v) is 2.03. The maximum Gasteiger partial charge on any atom is 0.132 e. The lowest BCUT2D eigenvalue weighted by molar-refractivity contribution is 0.584. The second-order valence-electron chi connectivity index (χ2n) is 4.31. The smallest absolute Gasteiger partial charge is 0.132 e. The summed E-state index contributed by atoms with van der Waals surface area (Å²) in [7, 11) is 0. The summed E-state index contributed by atoms with van der Waals surface area (Å²) in [5, 5.41) is 3.35. The molecule has 0 atom stereocenters. The number of nitrogens with zero attached hydrogens (tertiary/aromatic N) is 3. The molecule has 0 bridgehead atoms. The number of rotatable bonds is 2. The van der Waals surface area contributed by atoms with Crippen LogP contribution in [0.3, 0.4) is 0 Å². The molecule has 3 rings (SSSR count). The van der Waals surface area contributed by atoms with Crippen LogP contribution < -0.4 is 10.2 Å². The second kappa shape index (κ2) is 3.77. The number of piperazine rings is 1. The van der Waals surface area contributed by atoms with Crippen molar-refractivity contribution in [1.82, 2.24) is 15.3 Å². The van der Waals surface area contributed by atoms with Gasteiger partial charge in [-0.2, -0.15) is 0 Å². The molecule has 1 N–H and O–H groups in total. The fraction of sp³-hybridized carbons (Fsp3) is 0.636. The molecule has 1 saturated heterocycles. The summed E-state index contributed by atoms with van der Waals surface area (Å²) in [6.07, 6.45) is 4.32. The molecule has 4 heteroatoms. The van der Waals surface area contributed by atoms with Crippen molar-refractivity contribution in [3.8, 4) is 0 Å². The van der Waals surface area contributed by atoms with Gasteiger partial charge in [-0.25, -0.2) is 9.97 Å². The Bertz CT molecular complexity index is 342.